The number of rotatable bonds is 8. The maximum atomic E-state index is 13.1. The number of piperidine rings is 1. The van der Waals surface area contributed by atoms with Gasteiger partial charge >= 0.3 is 0 Å². The van der Waals surface area contributed by atoms with E-state index in [0.29, 0.717) is 18.4 Å². The first-order valence-corrected chi connectivity index (χ1v) is 12.7. The Kier molecular flexibility index (Phi) is 7.46. The molecule has 2 aliphatic heterocycles. The maximum Gasteiger partial charge on any atom is 0.250 e. The van der Waals surface area contributed by atoms with Crippen molar-refractivity contribution in [2.75, 3.05) is 19.7 Å². The second kappa shape index (κ2) is 11.1. The minimum atomic E-state index is -0.332. The number of hydrazone groups is 1. The number of nitrogens with one attached hydrogen (secondary N) is 1. The minimum absolute atomic E-state index is 0.0935. The number of hydrogen-bond donors (Lipinski definition) is 1. The van der Waals surface area contributed by atoms with Gasteiger partial charge in [0.25, 0.3) is 5.56 Å². The number of ether oxygens (including phenoxy) is 1. The Labute approximate surface area is 215 Å². The Morgan fingerprint density at radius 1 is 1.14 bits per heavy atom. The highest BCUT2D eigenvalue weighted by atomic mass is 19.1. The predicted molar refractivity (Wildman–Crippen MR) is 140 cm³/mol. The molecule has 0 spiro atoms. The topological polar surface area (TPSA) is 75.9 Å². The number of pyridine rings is 1. The van der Waals surface area contributed by atoms with E-state index in [4.69, 9.17) is 4.74 Å². The van der Waals surface area contributed by atoms with E-state index >= 15 is 0 Å². The number of carbonyl (C=O) groups excluding carboxylic acids is 1. The van der Waals surface area contributed by atoms with Gasteiger partial charge in [0.2, 0.25) is 5.91 Å². The van der Waals surface area contributed by atoms with Crippen LogP contribution < -0.4 is 15.7 Å². The van der Waals surface area contributed by atoms with Gasteiger partial charge in [-0.2, -0.15) is 5.10 Å². The highest BCUT2D eigenvalue weighted by Crippen LogP contribution is 2.36. The number of nitrogens with zero attached hydrogens (tertiary/aromatic N) is 3. The molecule has 5 rings (SSSR count). The van der Waals surface area contributed by atoms with E-state index in [9.17, 15) is 14.0 Å². The lowest BCUT2D eigenvalue weighted by atomic mass is 9.83. The Hall–Kier alpha value is -3.78. The summed E-state index contributed by atoms with van der Waals surface area (Å²) >= 11 is 0. The number of likely N-dealkylation sites (tertiary alicyclic amines) is 1. The first-order chi connectivity index (χ1) is 18.0. The summed E-state index contributed by atoms with van der Waals surface area (Å²) in [6.07, 6.45) is 2.86. The van der Waals surface area contributed by atoms with Gasteiger partial charge in [-0.05, 0) is 66.8 Å². The lowest BCUT2D eigenvalue weighted by molar-refractivity contribution is -0.120. The molecule has 3 aromatic rings. The van der Waals surface area contributed by atoms with Gasteiger partial charge < -0.3 is 9.30 Å². The van der Waals surface area contributed by atoms with Crippen molar-refractivity contribution >= 4 is 12.1 Å². The molecule has 192 valence electrons. The second-order valence-electron chi connectivity index (χ2n) is 9.79. The molecular formula is C29H31FN4O3. The second-order valence-corrected chi connectivity index (χ2v) is 9.79. The van der Waals surface area contributed by atoms with Crippen molar-refractivity contribution in [1.82, 2.24) is 14.9 Å². The molecule has 3 heterocycles. The average Bonchev–Trinajstić information content (AvgIpc) is 2.88. The smallest absolute Gasteiger partial charge is 0.250 e. The molecule has 1 fully saturated rings. The predicted octanol–water partition coefficient (Wildman–Crippen LogP) is 3.70. The van der Waals surface area contributed by atoms with Gasteiger partial charge in [-0.25, -0.2) is 9.82 Å². The number of aromatic nitrogens is 1. The van der Waals surface area contributed by atoms with Crippen molar-refractivity contribution in [3.05, 3.63) is 99.2 Å². The molecule has 0 saturated carbocycles. The van der Waals surface area contributed by atoms with Gasteiger partial charge in [0.05, 0.1) is 19.2 Å². The van der Waals surface area contributed by atoms with Crippen LogP contribution in [0.4, 0.5) is 4.39 Å². The monoisotopic (exact) mass is 502 g/mol. The molecule has 2 unspecified atom stereocenters. The quantitative estimate of drug-likeness (QED) is 0.377. The zero-order chi connectivity index (χ0) is 25.8. The Bertz CT molecular complexity index is 1350. The third-order valence-electron chi connectivity index (χ3n) is 7.01. The number of carbonyl (C=O) groups is 1. The lowest BCUT2D eigenvalue weighted by Gasteiger charge is -2.43. The number of halogens is 1. The van der Waals surface area contributed by atoms with E-state index in [-0.39, 0.29) is 23.7 Å². The van der Waals surface area contributed by atoms with Crippen LogP contribution in [0.15, 0.2) is 70.6 Å². The van der Waals surface area contributed by atoms with Gasteiger partial charge in [-0.1, -0.05) is 18.2 Å². The van der Waals surface area contributed by atoms with Crippen LogP contribution in [0.3, 0.4) is 0 Å². The molecule has 0 aliphatic carbocycles. The Balaban J connectivity index is 1.26. The summed E-state index contributed by atoms with van der Waals surface area (Å²) in [7, 11) is 0. The highest BCUT2D eigenvalue weighted by molar-refractivity contribution is 5.83. The van der Waals surface area contributed by atoms with Gasteiger partial charge in [0.1, 0.15) is 11.6 Å². The summed E-state index contributed by atoms with van der Waals surface area (Å²) in [4.78, 5) is 27.0. The first-order valence-electron chi connectivity index (χ1n) is 12.7. The van der Waals surface area contributed by atoms with Crippen molar-refractivity contribution in [3.8, 4) is 5.75 Å². The summed E-state index contributed by atoms with van der Waals surface area (Å²) < 4.78 is 20.9. The summed E-state index contributed by atoms with van der Waals surface area (Å²) in [5, 5.41) is 4.11. The van der Waals surface area contributed by atoms with E-state index in [2.05, 4.69) is 21.5 Å². The Morgan fingerprint density at radius 3 is 2.78 bits per heavy atom. The van der Waals surface area contributed by atoms with Crippen LogP contribution in [0.2, 0.25) is 0 Å². The molecule has 2 aromatic carbocycles. The van der Waals surface area contributed by atoms with E-state index in [1.54, 1.807) is 24.4 Å². The van der Waals surface area contributed by atoms with E-state index < -0.39 is 0 Å². The zero-order valence-electron chi connectivity index (χ0n) is 20.9. The van der Waals surface area contributed by atoms with E-state index in [1.807, 2.05) is 35.8 Å². The molecule has 2 atom stereocenters. The molecule has 1 N–H and O–H groups in total. The summed E-state index contributed by atoms with van der Waals surface area (Å²) in [5.41, 5.74) is 6.41. The molecule has 1 amide bonds. The molecular weight excluding hydrogens is 471 g/mol. The number of hydrogen-bond acceptors (Lipinski definition) is 5. The summed E-state index contributed by atoms with van der Waals surface area (Å²) in [6.45, 7) is 5.86. The van der Waals surface area contributed by atoms with Crippen molar-refractivity contribution < 1.29 is 13.9 Å². The van der Waals surface area contributed by atoms with Crippen molar-refractivity contribution in [2.24, 2.45) is 11.0 Å². The SMILES string of the molecule is CCOc1ccc(/C=N/NC(=O)Cc2ccc(F)cc2)cc1CN1CC2CC(C1)c1cccc(=O)n1C2. The van der Waals surface area contributed by atoms with Crippen LogP contribution in [-0.4, -0.2) is 41.3 Å². The Morgan fingerprint density at radius 2 is 1.97 bits per heavy atom. The van der Waals surface area contributed by atoms with Crippen LogP contribution >= 0.6 is 0 Å². The minimum Gasteiger partial charge on any atom is -0.494 e. The van der Waals surface area contributed by atoms with Crippen LogP contribution in [0.5, 0.6) is 5.75 Å². The maximum absolute atomic E-state index is 13.1. The van der Waals surface area contributed by atoms with E-state index in [1.165, 1.54) is 12.1 Å². The zero-order valence-corrected chi connectivity index (χ0v) is 20.9. The molecule has 37 heavy (non-hydrogen) atoms. The van der Waals surface area contributed by atoms with Crippen molar-refractivity contribution in [2.45, 2.75) is 38.8 Å². The summed E-state index contributed by atoms with van der Waals surface area (Å²) in [5.74, 6) is 1.03. The van der Waals surface area contributed by atoms with Crippen molar-refractivity contribution in [3.63, 3.8) is 0 Å². The van der Waals surface area contributed by atoms with Crippen LogP contribution in [0, 0.1) is 11.7 Å². The largest absolute Gasteiger partial charge is 0.494 e. The van der Waals surface area contributed by atoms with Gasteiger partial charge in [0.15, 0.2) is 0 Å². The van der Waals surface area contributed by atoms with Crippen LogP contribution in [0.1, 0.15) is 41.6 Å². The number of benzene rings is 2. The summed E-state index contributed by atoms with van der Waals surface area (Å²) in [6, 6.07) is 17.3. The fourth-order valence-corrected chi connectivity index (χ4v) is 5.47. The fourth-order valence-electron chi connectivity index (χ4n) is 5.47. The van der Waals surface area contributed by atoms with Gasteiger partial charge in [0, 0.05) is 49.4 Å². The van der Waals surface area contributed by atoms with Crippen molar-refractivity contribution in [1.29, 1.82) is 0 Å². The van der Waals surface area contributed by atoms with E-state index in [0.717, 1.165) is 60.7 Å². The van der Waals surface area contributed by atoms with Gasteiger partial charge in [-0.3, -0.25) is 14.5 Å². The molecule has 2 bridgehead atoms. The fraction of sp³-hybridized carbons (Fsp3) is 0.345. The molecule has 8 heteroatoms. The number of fused-ring (bicyclic) bond motifs is 4. The molecule has 7 nitrogen and oxygen atoms in total. The third-order valence-corrected chi connectivity index (χ3v) is 7.01. The molecule has 0 radical (unpaired) electrons. The average molecular weight is 503 g/mol. The van der Waals surface area contributed by atoms with Gasteiger partial charge in [-0.15, -0.1) is 0 Å². The third kappa shape index (κ3) is 5.97. The molecule has 1 aromatic heterocycles. The lowest BCUT2D eigenvalue weighted by Crippen LogP contribution is -2.46. The standard InChI is InChI=1S/C29H31FN4O3/c1-2-37-27-11-8-21(15-31-32-28(35)14-20-6-9-25(30)10-7-20)12-24(27)19-33-16-22-13-23(18-33)26-4-3-5-29(36)34(26)17-22/h3-12,15,22-23H,2,13-14,16-19H2,1H3,(H,32,35)/b31-15+. The van der Waals surface area contributed by atoms with Crippen LogP contribution in [-0.2, 0) is 24.3 Å². The molecule has 1 saturated heterocycles. The normalized spacial score (nSPS) is 19.0. The molecule has 2 aliphatic rings. The first kappa shape index (κ1) is 24.9. The highest BCUT2D eigenvalue weighted by Gasteiger charge is 2.34. The van der Waals surface area contributed by atoms with Crippen LogP contribution in [0.25, 0.3) is 0 Å². The number of amides is 1.